The smallest absolute Gasteiger partial charge is 0.231 e. The minimum absolute atomic E-state index is 0.0104. The van der Waals surface area contributed by atoms with Crippen molar-refractivity contribution in [2.45, 2.75) is 13.0 Å². The molecule has 1 atom stereocenters. The van der Waals surface area contributed by atoms with Crippen LogP contribution >= 0.6 is 11.3 Å². The van der Waals surface area contributed by atoms with E-state index in [1.54, 1.807) is 10.4 Å². The summed E-state index contributed by atoms with van der Waals surface area (Å²) in [6.07, 6.45) is 0.247. The maximum Gasteiger partial charge on any atom is 0.231 e. The summed E-state index contributed by atoms with van der Waals surface area (Å²) in [5, 5.41) is 10.6. The lowest BCUT2D eigenvalue weighted by Crippen LogP contribution is -2.28. The van der Waals surface area contributed by atoms with E-state index in [-0.39, 0.29) is 24.2 Å². The molecule has 1 N–H and O–H groups in total. The predicted molar refractivity (Wildman–Crippen MR) is 78.5 cm³/mol. The molecule has 2 amide bonds. The van der Waals surface area contributed by atoms with Crippen LogP contribution < -0.4 is 5.32 Å². The number of hydrogen-bond donors (Lipinski definition) is 1. The third-order valence-corrected chi connectivity index (χ3v) is 4.00. The van der Waals surface area contributed by atoms with Crippen molar-refractivity contribution in [3.05, 3.63) is 41.4 Å². The van der Waals surface area contributed by atoms with E-state index in [1.165, 1.54) is 11.3 Å². The van der Waals surface area contributed by atoms with Crippen LogP contribution in [0.1, 0.15) is 12.0 Å². The summed E-state index contributed by atoms with van der Waals surface area (Å²) < 4.78 is 0. The van der Waals surface area contributed by atoms with Gasteiger partial charge < -0.3 is 10.2 Å². The van der Waals surface area contributed by atoms with Crippen molar-refractivity contribution in [3.8, 4) is 0 Å². The van der Waals surface area contributed by atoms with Gasteiger partial charge in [0.25, 0.3) is 0 Å². The van der Waals surface area contributed by atoms with Crippen molar-refractivity contribution in [2.24, 2.45) is 5.92 Å². The average molecular weight is 302 g/mol. The van der Waals surface area contributed by atoms with Crippen LogP contribution in [0.4, 0.5) is 5.13 Å². The largest absolute Gasteiger partial charge is 0.338 e. The minimum Gasteiger partial charge on any atom is -0.338 e. The molecule has 1 fully saturated rings. The quantitative estimate of drug-likeness (QED) is 0.929. The standard InChI is InChI=1S/C14H14N4O2S/c19-12-6-11(13(20)16-14-17-15-9-21-14)8-18(12)7-10-4-2-1-3-5-10/h1-5,9,11H,6-8H2,(H,16,17,20)/t11-/m0/s1. The molecule has 6 nitrogen and oxygen atoms in total. The number of amides is 2. The van der Waals surface area contributed by atoms with Crippen molar-refractivity contribution in [2.75, 3.05) is 11.9 Å². The molecule has 3 rings (SSSR count). The highest BCUT2D eigenvalue weighted by Crippen LogP contribution is 2.22. The van der Waals surface area contributed by atoms with Crippen molar-refractivity contribution < 1.29 is 9.59 Å². The maximum atomic E-state index is 12.1. The second-order valence-corrected chi connectivity index (χ2v) is 5.73. The lowest BCUT2D eigenvalue weighted by Gasteiger charge is -2.16. The summed E-state index contributed by atoms with van der Waals surface area (Å²) in [5.41, 5.74) is 2.62. The van der Waals surface area contributed by atoms with Crippen molar-refractivity contribution in [1.29, 1.82) is 0 Å². The Hall–Kier alpha value is -2.28. The van der Waals surface area contributed by atoms with Gasteiger partial charge in [-0.2, -0.15) is 0 Å². The first-order valence-corrected chi connectivity index (χ1v) is 7.49. The number of carbonyl (C=O) groups is 2. The second-order valence-electron chi connectivity index (χ2n) is 4.89. The van der Waals surface area contributed by atoms with Crippen molar-refractivity contribution >= 4 is 28.3 Å². The topological polar surface area (TPSA) is 75.2 Å². The van der Waals surface area contributed by atoms with Crippen LogP contribution in [0.25, 0.3) is 0 Å². The third-order valence-electron chi connectivity index (χ3n) is 3.39. The minimum atomic E-state index is -0.329. The van der Waals surface area contributed by atoms with E-state index in [2.05, 4.69) is 15.5 Å². The first kappa shape index (κ1) is 13.7. The molecular weight excluding hydrogens is 288 g/mol. The summed E-state index contributed by atoms with van der Waals surface area (Å²) in [7, 11) is 0. The van der Waals surface area contributed by atoms with Crippen LogP contribution in [-0.4, -0.2) is 33.5 Å². The molecule has 0 spiro atoms. The Morgan fingerprint density at radius 2 is 2.19 bits per heavy atom. The van der Waals surface area contributed by atoms with Gasteiger partial charge in [0, 0.05) is 19.5 Å². The van der Waals surface area contributed by atoms with Crippen molar-refractivity contribution in [1.82, 2.24) is 15.1 Å². The summed E-state index contributed by atoms with van der Waals surface area (Å²) >= 11 is 1.26. The van der Waals surface area contributed by atoms with Gasteiger partial charge in [-0.1, -0.05) is 41.7 Å². The number of rotatable bonds is 4. The zero-order valence-electron chi connectivity index (χ0n) is 11.2. The Kier molecular flexibility index (Phi) is 3.92. The molecule has 2 aromatic rings. The first-order valence-electron chi connectivity index (χ1n) is 6.61. The Bertz CT molecular complexity index is 630. The van der Waals surface area contributed by atoms with Crippen molar-refractivity contribution in [3.63, 3.8) is 0 Å². The lowest BCUT2D eigenvalue weighted by atomic mass is 10.1. The number of likely N-dealkylation sites (tertiary alicyclic amines) is 1. The van der Waals surface area contributed by atoms with E-state index in [4.69, 9.17) is 0 Å². The Balaban J connectivity index is 1.60. The van der Waals surface area contributed by atoms with Crippen LogP contribution in [0.15, 0.2) is 35.8 Å². The SMILES string of the molecule is O=C(Nc1nncs1)[C@H]1CC(=O)N(Cc2ccccc2)C1. The van der Waals surface area contributed by atoms with Gasteiger partial charge in [0.2, 0.25) is 16.9 Å². The van der Waals surface area contributed by atoms with E-state index in [9.17, 15) is 9.59 Å². The number of nitrogens with zero attached hydrogens (tertiary/aromatic N) is 3. The molecule has 1 aliphatic heterocycles. The summed E-state index contributed by atoms with van der Waals surface area (Å²) in [6, 6.07) is 9.77. The Labute approximate surface area is 125 Å². The number of anilines is 1. The molecule has 0 bridgehead atoms. The van der Waals surface area contributed by atoms with Gasteiger partial charge in [0.05, 0.1) is 5.92 Å². The van der Waals surface area contributed by atoms with Gasteiger partial charge in [-0.25, -0.2) is 0 Å². The molecule has 1 aromatic carbocycles. The molecule has 1 aliphatic rings. The normalized spacial score (nSPS) is 18.0. The molecule has 1 aromatic heterocycles. The van der Waals surface area contributed by atoms with Crippen LogP contribution in [0.2, 0.25) is 0 Å². The van der Waals surface area contributed by atoms with Crippen LogP contribution in [-0.2, 0) is 16.1 Å². The molecule has 0 radical (unpaired) electrons. The highest BCUT2D eigenvalue weighted by molar-refractivity contribution is 7.13. The van der Waals surface area contributed by atoms with Gasteiger partial charge in [-0.3, -0.25) is 9.59 Å². The zero-order chi connectivity index (χ0) is 14.7. The van der Waals surface area contributed by atoms with Crippen LogP contribution in [0.5, 0.6) is 0 Å². The predicted octanol–water partition coefficient (Wildman–Crippen LogP) is 1.53. The van der Waals surface area contributed by atoms with E-state index < -0.39 is 0 Å². The second kappa shape index (κ2) is 6.01. The van der Waals surface area contributed by atoms with Gasteiger partial charge in [-0.05, 0) is 5.56 Å². The fourth-order valence-corrected chi connectivity index (χ4v) is 2.79. The number of benzene rings is 1. The van der Waals surface area contributed by atoms with E-state index >= 15 is 0 Å². The number of hydrogen-bond acceptors (Lipinski definition) is 5. The number of carbonyl (C=O) groups excluding carboxylic acids is 2. The first-order chi connectivity index (χ1) is 10.2. The lowest BCUT2D eigenvalue weighted by molar-refractivity contribution is -0.128. The van der Waals surface area contributed by atoms with Gasteiger partial charge in [0.15, 0.2) is 0 Å². The molecule has 21 heavy (non-hydrogen) atoms. The molecule has 0 saturated carbocycles. The van der Waals surface area contributed by atoms with Crippen LogP contribution in [0, 0.1) is 5.92 Å². The fraction of sp³-hybridized carbons (Fsp3) is 0.286. The van der Waals surface area contributed by atoms with Crippen LogP contribution in [0.3, 0.4) is 0 Å². The summed E-state index contributed by atoms with van der Waals surface area (Å²) in [4.78, 5) is 25.8. The third kappa shape index (κ3) is 3.25. The van der Waals surface area contributed by atoms with Gasteiger partial charge in [-0.15, -0.1) is 10.2 Å². The highest BCUT2D eigenvalue weighted by Gasteiger charge is 2.34. The number of nitrogens with one attached hydrogen (secondary N) is 1. The highest BCUT2D eigenvalue weighted by atomic mass is 32.1. The van der Waals surface area contributed by atoms with E-state index in [0.717, 1.165) is 5.56 Å². The molecule has 0 unspecified atom stereocenters. The van der Waals surface area contributed by atoms with E-state index in [1.807, 2.05) is 30.3 Å². The summed E-state index contributed by atoms with van der Waals surface area (Å²) in [5.74, 6) is -0.489. The molecule has 108 valence electrons. The van der Waals surface area contributed by atoms with E-state index in [0.29, 0.717) is 18.2 Å². The molecule has 2 heterocycles. The Morgan fingerprint density at radius 1 is 1.38 bits per heavy atom. The average Bonchev–Trinajstić information content (AvgIpc) is 3.11. The monoisotopic (exact) mass is 302 g/mol. The molecule has 1 saturated heterocycles. The number of aromatic nitrogens is 2. The molecule has 7 heteroatoms. The Morgan fingerprint density at radius 3 is 2.90 bits per heavy atom. The van der Waals surface area contributed by atoms with Gasteiger partial charge >= 0.3 is 0 Å². The fourth-order valence-electron chi connectivity index (χ4n) is 2.34. The van der Waals surface area contributed by atoms with Gasteiger partial charge in [0.1, 0.15) is 5.51 Å². The maximum absolute atomic E-state index is 12.1. The molecule has 0 aliphatic carbocycles. The summed E-state index contributed by atoms with van der Waals surface area (Å²) in [6.45, 7) is 0.987. The molecular formula is C14H14N4O2S. The zero-order valence-corrected chi connectivity index (χ0v) is 12.0.